The number of nitrogen functional groups attached to an aromatic ring is 1. The smallest absolute Gasteiger partial charge is 0.283 e. The number of allylic oxidation sites excluding steroid dienone is 4. The zero-order valence-electron chi connectivity index (χ0n) is 17.3. The second-order valence-corrected chi connectivity index (χ2v) is 10.5. The molecule has 31 heavy (non-hydrogen) atoms. The van der Waals surface area contributed by atoms with E-state index in [0.29, 0.717) is 10.5 Å². The maximum Gasteiger partial charge on any atom is 0.283 e. The van der Waals surface area contributed by atoms with Gasteiger partial charge in [-0.1, -0.05) is 17.4 Å². The zero-order valence-corrected chi connectivity index (χ0v) is 18.2. The van der Waals surface area contributed by atoms with Crippen molar-refractivity contribution in [2.24, 2.45) is 17.8 Å². The molecule has 8 heteroatoms. The third-order valence-corrected chi connectivity index (χ3v) is 8.64. The van der Waals surface area contributed by atoms with Crippen molar-refractivity contribution in [3.63, 3.8) is 0 Å². The van der Waals surface area contributed by atoms with Crippen molar-refractivity contribution < 1.29 is 9.53 Å². The van der Waals surface area contributed by atoms with E-state index < -0.39 is 0 Å². The van der Waals surface area contributed by atoms with Gasteiger partial charge in [0.25, 0.3) is 5.56 Å². The normalized spacial score (nSPS) is 32.8. The van der Waals surface area contributed by atoms with Crippen molar-refractivity contribution in [2.45, 2.75) is 43.9 Å². The number of ketones is 1. The van der Waals surface area contributed by atoms with Crippen LogP contribution in [0.15, 0.2) is 34.4 Å². The van der Waals surface area contributed by atoms with Crippen LogP contribution in [0.2, 0.25) is 0 Å². The Bertz CT molecular complexity index is 1230. The van der Waals surface area contributed by atoms with Crippen molar-refractivity contribution in [3.8, 4) is 0 Å². The SMILES string of the molecule is COC1=CC(=Cc2c(N)n3nc(C45CC6CC(CC(C6)C4)C5)sc3nc2=O)C=CC1=O. The Labute approximate surface area is 183 Å². The summed E-state index contributed by atoms with van der Waals surface area (Å²) < 4.78 is 6.73. The largest absolute Gasteiger partial charge is 0.493 e. The number of ether oxygens (including phenoxy) is 1. The van der Waals surface area contributed by atoms with Crippen LogP contribution in [-0.2, 0) is 14.9 Å². The molecule has 4 bridgehead atoms. The Hall–Kier alpha value is -2.74. The molecule has 2 aromatic rings. The fraction of sp³-hybridized carbons (Fsp3) is 0.478. The maximum atomic E-state index is 12.8. The van der Waals surface area contributed by atoms with Crippen LogP contribution in [0.1, 0.15) is 49.1 Å². The van der Waals surface area contributed by atoms with Gasteiger partial charge in [-0.05, 0) is 80.1 Å². The molecule has 0 radical (unpaired) electrons. The van der Waals surface area contributed by atoms with E-state index in [0.717, 1.165) is 22.8 Å². The van der Waals surface area contributed by atoms with Gasteiger partial charge in [-0.3, -0.25) is 9.59 Å². The van der Waals surface area contributed by atoms with E-state index in [1.54, 1.807) is 22.7 Å². The number of carbonyl (C=O) groups is 1. The molecule has 0 amide bonds. The number of anilines is 1. The Morgan fingerprint density at radius 2 is 1.84 bits per heavy atom. The standard InChI is InChI=1S/C23H24N4O3S/c1-30-18-8-12(2-3-17(18)28)7-16-19(24)27-22(25-20(16)29)31-21(26-27)23-9-13-4-14(10-23)6-15(5-13)11-23/h2-3,7-8,13-15H,4-6,9-11,24H2,1H3. The van der Waals surface area contributed by atoms with E-state index in [2.05, 4.69) is 4.98 Å². The second-order valence-electron chi connectivity index (χ2n) is 9.57. The number of hydrogen-bond donors (Lipinski definition) is 1. The lowest BCUT2D eigenvalue weighted by Crippen LogP contribution is -2.48. The summed E-state index contributed by atoms with van der Waals surface area (Å²) in [4.78, 5) is 29.4. The number of nitrogens with two attached hydrogens (primary N) is 1. The molecular formula is C23H24N4O3S. The Balaban J connectivity index is 1.43. The minimum Gasteiger partial charge on any atom is -0.493 e. The number of aromatic nitrogens is 3. The summed E-state index contributed by atoms with van der Waals surface area (Å²) in [5.41, 5.74) is 7.09. The highest BCUT2D eigenvalue weighted by molar-refractivity contribution is 7.16. The van der Waals surface area contributed by atoms with Crippen LogP contribution in [0, 0.1) is 17.8 Å². The summed E-state index contributed by atoms with van der Waals surface area (Å²) in [5, 5.41) is 5.99. The molecule has 0 spiro atoms. The van der Waals surface area contributed by atoms with E-state index in [1.165, 1.54) is 63.0 Å². The summed E-state index contributed by atoms with van der Waals surface area (Å²) in [6, 6.07) is 0. The average molecular weight is 437 g/mol. The molecule has 2 N–H and O–H groups in total. The number of nitrogens with zero attached hydrogens (tertiary/aromatic N) is 3. The quantitative estimate of drug-likeness (QED) is 0.793. The molecule has 2 heterocycles. The first kappa shape index (κ1) is 19.0. The van der Waals surface area contributed by atoms with Gasteiger partial charge >= 0.3 is 0 Å². The molecule has 160 valence electrons. The number of hydrogen-bond acceptors (Lipinski definition) is 7. The molecular weight excluding hydrogens is 412 g/mol. The van der Waals surface area contributed by atoms with Gasteiger partial charge in [0.05, 0.1) is 12.7 Å². The number of fused-ring (bicyclic) bond motifs is 1. The lowest BCUT2D eigenvalue weighted by molar-refractivity contribution is -0.114. The van der Waals surface area contributed by atoms with Crippen LogP contribution in [0.5, 0.6) is 0 Å². The minimum atomic E-state index is -0.386. The van der Waals surface area contributed by atoms with Gasteiger partial charge in [0.2, 0.25) is 10.7 Å². The molecule has 2 aromatic heterocycles. The topological polar surface area (TPSA) is 99.6 Å². The lowest BCUT2D eigenvalue weighted by Gasteiger charge is -2.55. The van der Waals surface area contributed by atoms with Gasteiger partial charge in [0.1, 0.15) is 10.8 Å². The first-order valence-electron chi connectivity index (χ1n) is 10.8. The molecule has 4 saturated carbocycles. The second kappa shape index (κ2) is 6.63. The fourth-order valence-electron chi connectivity index (χ4n) is 6.54. The third kappa shape index (κ3) is 2.91. The number of rotatable bonds is 3. The zero-order chi connectivity index (χ0) is 21.3. The Morgan fingerprint density at radius 1 is 1.16 bits per heavy atom. The lowest BCUT2D eigenvalue weighted by atomic mass is 9.50. The van der Waals surface area contributed by atoms with Crippen molar-refractivity contribution in [3.05, 3.63) is 50.5 Å². The molecule has 0 saturated heterocycles. The molecule has 0 unspecified atom stereocenters. The number of carbonyl (C=O) groups excluding carboxylic acids is 1. The van der Waals surface area contributed by atoms with Gasteiger partial charge in [-0.25, -0.2) is 0 Å². The maximum absolute atomic E-state index is 12.8. The third-order valence-electron chi connectivity index (χ3n) is 7.48. The Kier molecular flexibility index (Phi) is 4.06. The van der Waals surface area contributed by atoms with Crippen molar-refractivity contribution in [2.75, 3.05) is 12.8 Å². The molecule has 5 aliphatic carbocycles. The van der Waals surface area contributed by atoms with Crippen LogP contribution in [0.4, 0.5) is 5.82 Å². The van der Waals surface area contributed by atoms with Crippen LogP contribution >= 0.6 is 11.3 Å². The van der Waals surface area contributed by atoms with Crippen LogP contribution in [-0.4, -0.2) is 27.5 Å². The summed E-state index contributed by atoms with van der Waals surface area (Å²) in [6.07, 6.45) is 14.0. The van der Waals surface area contributed by atoms with E-state index >= 15 is 0 Å². The monoisotopic (exact) mass is 436 g/mol. The average Bonchev–Trinajstić information content (AvgIpc) is 3.16. The Morgan fingerprint density at radius 3 is 2.48 bits per heavy atom. The van der Waals surface area contributed by atoms with E-state index in [-0.39, 0.29) is 33.9 Å². The molecule has 7 rings (SSSR count). The fourth-order valence-corrected chi connectivity index (χ4v) is 7.66. The molecule has 0 aliphatic heterocycles. The predicted molar refractivity (Wildman–Crippen MR) is 119 cm³/mol. The van der Waals surface area contributed by atoms with Gasteiger partial charge in [-0.15, -0.1) is 0 Å². The molecule has 0 atom stereocenters. The van der Waals surface area contributed by atoms with Crippen molar-refractivity contribution in [1.29, 1.82) is 0 Å². The molecule has 0 aromatic carbocycles. The molecule has 7 nitrogen and oxygen atoms in total. The number of methoxy groups -OCH3 is 1. The molecule has 4 fully saturated rings. The first-order chi connectivity index (χ1) is 14.9. The van der Waals surface area contributed by atoms with Gasteiger partial charge in [0, 0.05) is 5.41 Å². The van der Waals surface area contributed by atoms with Crippen molar-refractivity contribution in [1.82, 2.24) is 14.6 Å². The van der Waals surface area contributed by atoms with Crippen molar-refractivity contribution >= 4 is 34.0 Å². The van der Waals surface area contributed by atoms with Crippen LogP contribution in [0.3, 0.4) is 0 Å². The van der Waals surface area contributed by atoms with E-state index in [9.17, 15) is 9.59 Å². The highest BCUT2D eigenvalue weighted by Gasteiger charge is 2.53. The summed E-state index contributed by atoms with van der Waals surface area (Å²) in [6.45, 7) is 0. The van der Waals surface area contributed by atoms with Crippen LogP contribution < -0.4 is 11.3 Å². The highest BCUT2D eigenvalue weighted by atomic mass is 32.1. The van der Waals surface area contributed by atoms with E-state index in [4.69, 9.17) is 15.6 Å². The summed E-state index contributed by atoms with van der Waals surface area (Å²) in [7, 11) is 1.44. The predicted octanol–water partition coefficient (Wildman–Crippen LogP) is 3.25. The first-order valence-corrected chi connectivity index (χ1v) is 11.7. The minimum absolute atomic E-state index is 0.129. The van der Waals surface area contributed by atoms with Gasteiger partial charge < -0.3 is 10.5 Å². The van der Waals surface area contributed by atoms with Gasteiger partial charge in [-0.2, -0.15) is 14.6 Å². The highest BCUT2D eigenvalue weighted by Crippen LogP contribution is 2.61. The van der Waals surface area contributed by atoms with Crippen LogP contribution in [0.25, 0.3) is 11.0 Å². The summed E-state index contributed by atoms with van der Waals surface area (Å²) in [5.74, 6) is 2.73. The molecule has 5 aliphatic rings. The van der Waals surface area contributed by atoms with E-state index in [1.807, 2.05) is 0 Å². The summed E-state index contributed by atoms with van der Waals surface area (Å²) >= 11 is 1.52. The van der Waals surface area contributed by atoms with Gasteiger partial charge in [0.15, 0.2) is 5.76 Å².